The normalized spacial score (nSPS) is 21.3. The van der Waals surface area contributed by atoms with E-state index in [9.17, 15) is 0 Å². The zero-order valence-corrected chi connectivity index (χ0v) is 12.1. The maximum Gasteiger partial charge on any atom is 0.0954 e. The van der Waals surface area contributed by atoms with E-state index in [0.29, 0.717) is 4.83 Å². The Morgan fingerprint density at radius 1 is 1.47 bits per heavy atom. The Morgan fingerprint density at radius 2 is 2.24 bits per heavy atom. The first-order chi connectivity index (χ1) is 8.16. The molecule has 1 aromatic rings. The van der Waals surface area contributed by atoms with E-state index in [4.69, 9.17) is 4.74 Å². The molecule has 1 aromatic carbocycles. The molecule has 0 amide bonds. The smallest absolute Gasteiger partial charge is 0.0954 e. The third-order valence-corrected chi connectivity index (χ3v) is 3.42. The highest BCUT2D eigenvalue weighted by Gasteiger charge is 2.21. The molecule has 1 aliphatic rings. The van der Waals surface area contributed by atoms with E-state index in [2.05, 4.69) is 59.1 Å². The van der Waals surface area contributed by atoms with Crippen LogP contribution in [0.25, 0.3) is 0 Å². The number of rotatable bonds is 4. The van der Waals surface area contributed by atoms with Crippen LogP contribution in [0.4, 0.5) is 0 Å². The predicted molar refractivity (Wildman–Crippen MR) is 74.7 cm³/mol. The van der Waals surface area contributed by atoms with Gasteiger partial charge in [0.2, 0.25) is 0 Å². The Morgan fingerprint density at radius 3 is 3.00 bits per heavy atom. The van der Waals surface area contributed by atoms with Gasteiger partial charge in [0.1, 0.15) is 0 Å². The molecule has 0 saturated heterocycles. The van der Waals surface area contributed by atoms with Crippen LogP contribution in [0.3, 0.4) is 0 Å². The Bertz CT molecular complexity index is 367. The summed E-state index contributed by atoms with van der Waals surface area (Å²) in [7, 11) is 2.15. The molecule has 2 unspecified atom stereocenters. The SMILES string of the molecule is CC(Br)CN(C)CC1OCCc2ccccc21. The Kier molecular flexibility index (Phi) is 4.60. The number of alkyl halides is 1. The first kappa shape index (κ1) is 13.1. The molecule has 17 heavy (non-hydrogen) atoms. The van der Waals surface area contributed by atoms with Gasteiger partial charge >= 0.3 is 0 Å². The largest absolute Gasteiger partial charge is 0.372 e. The Labute approximate surface area is 112 Å². The highest BCUT2D eigenvalue weighted by Crippen LogP contribution is 2.27. The number of nitrogens with zero attached hydrogens (tertiary/aromatic N) is 1. The first-order valence-corrected chi connectivity index (χ1v) is 7.10. The van der Waals surface area contributed by atoms with Crippen LogP contribution in [0.15, 0.2) is 24.3 Å². The molecule has 0 saturated carbocycles. The average Bonchev–Trinajstić information content (AvgIpc) is 2.28. The van der Waals surface area contributed by atoms with Gasteiger partial charge in [0.25, 0.3) is 0 Å². The number of hydrogen-bond donors (Lipinski definition) is 0. The predicted octanol–water partition coefficient (Wildman–Crippen LogP) is 3.02. The van der Waals surface area contributed by atoms with E-state index in [1.807, 2.05) is 0 Å². The summed E-state index contributed by atoms with van der Waals surface area (Å²) < 4.78 is 5.90. The fourth-order valence-electron chi connectivity index (χ4n) is 2.42. The number of fused-ring (bicyclic) bond motifs is 1. The maximum absolute atomic E-state index is 5.90. The topological polar surface area (TPSA) is 12.5 Å². The lowest BCUT2D eigenvalue weighted by Gasteiger charge is -2.30. The summed E-state index contributed by atoms with van der Waals surface area (Å²) in [6.07, 6.45) is 1.28. The van der Waals surface area contributed by atoms with Gasteiger partial charge in [-0.2, -0.15) is 0 Å². The van der Waals surface area contributed by atoms with Gasteiger partial charge in [-0.15, -0.1) is 0 Å². The third kappa shape index (κ3) is 3.54. The maximum atomic E-state index is 5.90. The summed E-state index contributed by atoms with van der Waals surface area (Å²) in [6.45, 7) is 5.03. The molecule has 2 atom stereocenters. The molecule has 0 fully saturated rings. The van der Waals surface area contributed by atoms with Crippen LogP contribution >= 0.6 is 15.9 Å². The van der Waals surface area contributed by atoms with Crippen molar-refractivity contribution < 1.29 is 4.74 Å². The number of ether oxygens (including phenoxy) is 1. The van der Waals surface area contributed by atoms with Crippen LogP contribution in [-0.4, -0.2) is 36.5 Å². The lowest BCUT2D eigenvalue weighted by molar-refractivity contribution is 0.0214. The molecule has 0 radical (unpaired) electrons. The molecule has 0 bridgehead atoms. The fraction of sp³-hybridized carbons (Fsp3) is 0.571. The van der Waals surface area contributed by atoms with E-state index in [-0.39, 0.29) is 6.10 Å². The molecule has 0 N–H and O–H groups in total. The van der Waals surface area contributed by atoms with E-state index in [1.54, 1.807) is 0 Å². The minimum atomic E-state index is 0.233. The van der Waals surface area contributed by atoms with Gasteiger partial charge in [-0.05, 0) is 24.6 Å². The van der Waals surface area contributed by atoms with Crippen molar-refractivity contribution in [3.63, 3.8) is 0 Å². The first-order valence-electron chi connectivity index (χ1n) is 6.19. The van der Waals surface area contributed by atoms with Crippen molar-refractivity contribution in [2.24, 2.45) is 0 Å². The van der Waals surface area contributed by atoms with Crippen LogP contribution in [-0.2, 0) is 11.2 Å². The molecular formula is C14H20BrNO. The number of benzene rings is 1. The fourth-order valence-corrected chi connectivity index (χ4v) is 2.91. The summed E-state index contributed by atoms with van der Waals surface area (Å²) in [5.41, 5.74) is 2.82. The van der Waals surface area contributed by atoms with Crippen molar-refractivity contribution in [3.05, 3.63) is 35.4 Å². The number of halogens is 1. The highest BCUT2D eigenvalue weighted by molar-refractivity contribution is 9.09. The van der Waals surface area contributed by atoms with Crippen LogP contribution < -0.4 is 0 Å². The lowest BCUT2D eigenvalue weighted by atomic mass is 9.97. The van der Waals surface area contributed by atoms with Crippen molar-refractivity contribution >= 4 is 15.9 Å². The standard InChI is InChI=1S/C14H20BrNO/c1-11(15)9-16(2)10-14-13-6-4-3-5-12(13)7-8-17-14/h3-6,11,14H,7-10H2,1-2H3. The summed E-state index contributed by atoms with van der Waals surface area (Å²) in [4.78, 5) is 2.85. The van der Waals surface area contributed by atoms with E-state index >= 15 is 0 Å². The molecule has 3 heteroatoms. The van der Waals surface area contributed by atoms with Gasteiger partial charge in [-0.1, -0.05) is 47.1 Å². The summed E-state index contributed by atoms with van der Waals surface area (Å²) in [6, 6.07) is 8.64. The lowest BCUT2D eigenvalue weighted by Crippen LogP contribution is -2.32. The molecule has 1 aliphatic heterocycles. The molecule has 0 aromatic heterocycles. The van der Waals surface area contributed by atoms with Gasteiger partial charge in [-0.25, -0.2) is 0 Å². The second kappa shape index (κ2) is 5.98. The van der Waals surface area contributed by atoms with Crippen molar-refractivity contribution in [3.8, 4) is 0 Å². The van der Waals surface area contributed by atoms with Gasteiger partial charge < -0.3 is 9.64 Å². The van der Waals surface area contributed by atoms with E-state index in [1.165, 1.54) is 11.1 Å². The van der Waals surface area contributed by atoms with Gasteiger partial charge in [0, 0.05) is 17.9 Å². The molecule has 94 valence electrons. The quantitative estimate of drug-likeness (QED) is 0.792. The van der Waals surface area contributed by atoms with Crippen molar-refractivity contribution in [1.82, 2.24) is 4.90 Å². The highest BCUT2D eigenvalue weighted by atomic mass is 79.9. The van der Waals surface area contributed by atoms with Gasteiger partial charge in [0.15, 0.2) is 0 Å². The van der Waals surface area contributed by atoms with E-state index in [0.717, 1.165) is 26.1 Å². The summed E-state index contributed by atoms with van der Waals surface area (Å²) >= 11 is 3.59. The van der Waals surface area contributed by atoms with Gasteiger partial charge in [0.05, 0.1) is 12.7 Å². The number of likely N-dealkylation sites (N-methyl/N-ethyl adjacent to an activating group) is 1. The zero-order chi connectivity index (χ0) is 12.3. The average molecular weight is 298 g/mol. The molecule has 1 heterocycles. The third-order valence-electron chi connectivity index (χ3n) is 3.13. The second-order valence-electron chi connectivity index (χ2n) is 4.81. The van der Waals surface area contributed by atoms with Crippen molar-refractivity contribution in [1.29, 1.82) is 0 Å². The molecule has 2 rings (SSSR count). The monoisotopic (exact) mass is 297 g/mol. The van der Waals surface area contributed by atoms with Crippen LogP contribution in [0.2, 0.25) is 0 Å². The van der Waals surface area contributed by atoms with Crippen LogP contribution in [0, 0.1) is 0 Å². The summed E-state index contributed by atoms with van der Waals surface area (Å²) in [5, 5.41) is 0. The molecular weight excluding hydrogens is 278 g/mol. The minimum absolute atomic E-state index is 0.233. The van der Waals surface area contributed by atoms with Gasteiger partial charge in [-0.3, -0.25) is 0 Å². The Hall–Kier alpha value is -0.380. The molecule has 0 spiro atoms. The van der Waals surface area contributed by atoms with Crippen molar-refractivity contribution in [2.45, 2.75) is 24.3 Å². The zero-order valence-electron chi connectivity index (χ0n) is 10.5. The van der Waals surface area contributed by atoms with Crippen LogP contribution in [0.5, 0.6) is 0 Å². The number of hydrogen-bond acceptors (Lipinski definition) is 2. The van der Waals surface area contributed by atoms with E-state index < -0.39 is 0 Å². The van der Waals surface area contributed by atoms with Crippen molar-refractivity contribution in [2.75, 3.05) is 26.7 Å². The van der Waals surface area contributed by atoms with Crippen LogP contribution in [0.1, 0.15) is 24.2 Å². The Balaban J connectivity index is 2.03. The molecule has 0 aliphatic carbocycles. The second-order valence-corrected chi connectivity index (χ2v) is 6.37. The minimum Gasteiger partial charge on any atom is -0.372 e. The molecule has 2 nitrogen and oxygen atoms in total. The summed E-state index contributed by atoms with van der Waals surface area (Å²) in [5.74, 6) is 0.